The van der Waals surface area contributed by atoms with Crippen LogP contribution in [0.3, 0.4) is 0 Å². The predicted molar refractivity (Wildman–Crippen MR) is 59.2 cm³/mol. The van der Waals surface area contributed by atoms with E-state index in [2.05, 4.69) is 31.9 Å². The van der Waals surface area contributed by atoms with Gasteiger partial charge in [0.05, 0.1) is 5.56 Å². The van der Waals surface area contributed by atoms with Gasteiger partial charge in [0.25, 0.3) is 0 Å². The van der Waals surface area contributed by atoms with Gasteiger partial charge in [-0.1, -0.05) is 15.9 Å². The standard InChI is InChI=1S/C9H5Br2NO3/c10-5-1-4(3-12)7(11)6(2-5)8(13)9(14)15/h1-2,8,13H,(H,14,15). The van der Waals surface area contributed by atoms with Crippen LogP contribution in [0.15, 0.2) is 21.1 Å². The molecule has 0 aliphatic heterocycles. The van der Waals surface area contributed by atoms with Gasteiger partial charge in [-0.15, -0.1) is 0 Å². The van der Waals surface area contributed by atoms with Crippen molar-refractivity contribution in [3.63, 3.8) is 0 Å². The number of nitriles is 1. The highest BCUT2D eigenvalue weighted by molar-refractivity contribution is 9.11. The van der Waals surface area contributed by atoms with Crippen molar-refractivity contribution in [2.75, 3.05) is 0 Å². The Kier molecular flexibility index (Phi) is 3.85. The largest absolute Gasteiger partial charge is 0.479 e. The van der Waals surface area contributed by atoms with Crippen molar-refractivity contribution in [3.05, 3.63) is 32.2 Å². The van der Waals surface area contributed by atoms with Gasteiger partial charge >= 0.3 is 5.97 Å². The van der Waals surface area contributed by atoms with Crippen LogP contribution in [-0.2, 0) is 4.79 Å². The van der Waals surface area contributed by atoms with Gasteiger partial charge in [-0.3, -0.25) is 0 Å². The molecule has 15 heavy (non-hydrogen) atoms. The minimum atomic E-state index is -1.65. The molecule has 0 amide bonds. The Hall–Kier alpha value is -0.900. The van der Waals surface area contributed by atoms with E-state index in [0.717, 1.165) is 0 Å². The molecule has 2 N–H and O–H groups in total. The molecule has 6 heteroatoms. The van der Waals surface area contributed by atoms with E-state index in [-0.39, 0.29) is 11.1 Å². The molecule has 0 spiro atoms. The van der Waals surface area contributed by atoms with Gasteiger partial charge in [0.2, 0.25) is 0 Å². The first-order valence-electron chi connectivity index (χ1n) is 3.77. The third-order valence-corrected chi connectivity index (χ3v) is 3.06. The van der Waals surface area contributed by atoms with Crippen molar-refractivity contribution >= 4 is 37.8 Å². The molecular formula is C9H5Br2NO3. The molecule has 0 bridgehead atoms. The van der Waals surface area contributed by atoms with Crippen LogP contribution in [0.2, 0.25) is 0 Å². The number of halogens is 2. The third kappa shape index (κ3) is 2.56. The van der Waals surface area contributed by atoms with Crippen molar-refractivity contribution in [2.45, 2.75) is 6.10 Å². The van der Waals surface area contributed by atoms with Gasteiger partial charge < -0.3 is 10.2 Å². The number of carbonyl (C=O) groups is 1. The summed E-state index contributed by atoms with van der Waals surface area (Å²) in [5.74, 6) is -1.36. The summed E-state index contributed by atoms with van der Waals surface area (Å²) in [4.78, 5) is 10.6. The molecule has 1 unspecified atom stereocenters. The summed E-state index contributed by atoms with van der Waals surface area (Å²) in [5, 5.41) is 26.8. The number of rotatable bonds is 2. The lowest BCUT2D eigenvalue weighted by molar-refractivity contribution is -0.147. The summed E-state index contributed by atoms with van der Waals surface area (Å²) in [6.45, 7) is 0. The topological polar surface area (TPSA) is 81.3 Å². The number of carboxylic acid groups (broad SMARTS) is 1. The molecule has 1 rings (SSSR count). The van der Waals surface area contributed by atoms with Crippen molar-refractivity contribution in [3.8, 4) is 6.07 Å². The first-order valence-corrected chi connectivity index (χ1v) is 5.36. The highest BCUT2D eigenvalue weighted by atomic mass is 79.9. The number of hydrogen-bond acceptors (Lipinski definition) is 3. The second-order valence-corrected chi connectivity index (χ2v) is 4.42. The molecule has 0 fully saturated rings. The maximum atomic E-state index is 10.6. The van der Waals surface area contributed by atoms with Crippen molar-refractivity contribution in [1.82, 2.24) is 0 Å². The third-order valence-electron chi connectivity index (χ3n) is 1.71. The van der Waals surface area contributed by atoms with Gasteiger partial charge in [-0.2, -0.15) is 5.26 Å². The molecule has 0 heterocycles. The van der Waals surface area contributed by atoms with E-state index < -0.39 is 12.1 Å². The Labute approximate surface area is 102 Å². The SMILES string of the molecule is N#Cc1cc(Br)cc(C(O)C(=O)O)c1Br. The summed E-state index contributed by atoms with van der Waals surface area (Å²) < 4.78 is 0.834. The van der Waals surface area contributed by atoms with Crippen molar-refractivity contribution in [2.24, 2.45) is 0 Å². The first kappa shape index (κ1) is 12.2. The zero-order valence-electron chi connectivity index (χ0n) is 7.24. The van der Waals surface area contributed by atoms with E-state index in [1.165, 1.54) is 12.1 Å². The maximum Gasteiger partial charge on any atom is 0.337 e. The van der Waals surface area contributed by atoms with Gasteiger partial charge in [0.1, 0.15) is 6.07 Å². The molecule has 0 radical (unpaired) electrons. The van der Waals surface area contributed by atoms with Gasteiger partial charge in [-0.25, -0.2) is 4.79 Å². The molecule has 78 valence electrons. The summed E-state index contributed by atoms with van der Waals surface area (Å²) in [6.07, 6.45) is -1.65. The Bertz CT molecular complexity index is 453. The summed E-state index contributed by atoms with van der Waals surface area (Å²) in [7, 11) is 0. The molecule has 4 nitrogen and oxygen atoms in total. The number of hydrogen-bond donors (Lipinski definition) is 2. The minimum absolute atomic E-state index is 0.147. The molecule has 0 saturated carbocycles. The average Bonchev–Trinajstić information content (AvgIpc) is 2.19. The van der Waals surface area contributed by atoms with Gasteiger partial charge in [0.15, 0.2) is 6.10 Å². The smallest absolute Gasteiger partial charge is 0.337 e. The number of nitrogens with zero attached hydrogens (tertiary/aromatic N) is 1. The van der Waals surface area contributed by atoms with E-state index in [1.54, 1.807) is 0 Å². The fourth-order valence-corrected chi connectivity index (χ4v) is 2.03. The second kappa shape index (κ2) is 4.75. The number of aliphatic carboxylic acids is 1. The lowest BCUT2D eigenvalue weighted by atomic mass is 10.1. The molecule has 0 aliphatic rings. The highest BCUT2D eigenvalue weighted by Crippen LogP contribution is 2.30. The lowest BCUT2D eigenvalue weighted by Gasteiger charge is -2.10. The van der Waals surface area contributed by atoms with E-state index in [0.29, 0.717) is 8.95 Å². The number of aliphatic hydroxyl groups is 1. The van der Waals surface area contributed by atoms with Crippen LogP contribution in [0.5, 0.6) is 0 Å². The summed E-state index contributed by atoms with van der Waals surface area (Å²) >= 11 is 6.21. The average molecular weight is 335 g/mol. The van der Waals surface area contributed by atoms with E-state index in [4.69, 9.17) is 10.4 Å². The van der Waals surface area contributed by atoms with Crippen molar-refractivity contribution in [1.29, 1.82) is 5.26 Å². The zero-order valence-corrected chi connectivity index (χ0v) is 10.4. The first-order chi connectivity index (χ1) is 6.97. The number of aliphatic hydroxyl groups excluding tert-OH is 1. The maximum absolute atomic E-state index is 10.6. The number of carboxylic acids is 1. The van der Waals surface area contributed by atoms with Gasteiger partial charge in [0, 0.05) is 14.5 Å². The van der Waals surface area contributed by atoms with Crippen LogP contribution in [0, 0.1) is 11.3 Å². The fourth-order valence-electron chi connectivity index (χ4n) is 1.02. The normalized spacial score (nSPS) is 11.9. The fraction of sp³-hybridized carbons (Fsp3) is 0.111. The van der Waals surface area contributed by atoms with Crippen LogP contribution in [0.25, 0.3) is 0 Å². The Morgan fingerprint density at radius 1 is 1.47 bits per heavy atom. The Morgan fingerprint density at radius 3 is 2.53 bits per heavy atom. The van der Waals surface area contributed by atoms with Crippen LogP contribution >= 0.6 is 31.9 Å². The van der Waals surface area contributed by atoms with E-state index in [1.807, 2.05) is 6.07 Å². The quantitative estimate of drug-likeness (QED) is 0.868. The van der Waals surface area contributed by atoms with E-state index in [9.17, 15) is 9.90 Å². The Balaban J connectivity index is 3.37. The lowest BCUT2D eigenvalue weighted by Crippen LogP contribution is -2.11. The summed E-state index contributed by atoms with van der Waals surface area (Å²) in [6, 6.07) is 4.87. The monoisotopic (exact) mass is 333 g/mol. The molecule has 1 atom stereocenters. The minimum Gasteiger partial charge on any atom is -0.479 e. The molecule has 0 aromatic heterocycles. The Morgan fingerprint density at radius 2 is 2.07 bits per heavy atom. The van der Waals surface area contributed by atoms with Crippen LogP contribution < -0.4 is 0 Å². The predicted octanol–water partition coefficient (Wildman–Crippen LogP) is 2.20. The summed E-state index contributed by atoms with van der Waals surface area (Å²) in [5.41, 5.74) is 0.410. The highest BCUT2D eigenvalue weighted by Gasteiger charge is 2.21. The molecule has 1 aromatic rings. The number of benzene rings is 1. The molecule has 1 aromatic carbocycles. The molecular weight excluding hydrogens is 330 g/mol. The van der Waals surface area contributed by atoms with E-state index >= 15 is 0 Å². The van der Waals surface area contributed by atoms with Crippen LogP contribution in [0.1, 0.15) is 17.2 Å². The second-order valence-electron chi connectivity index (χ2n) is 2.71. The van der Waals surface area contributed by atoms with Crippen LogP contribution in [-0.4, -0.2) is 16.2 Å². The van der Waals surface area contributed by atoms with Gasteiger partial charge in [-0.05, 0) is 28.1 Å². The zero-order chi connectivity index (χ0) is 11.6. The van der Waals surface area contributed by atoms with Crippen molar-refractivity contribution < 1.29 is 15.0 Å². The van der Waals surface area contributed by atoms with Crippen LogP contribution in [0.4, 0.5) is 0 Å². The molecule has 0 aliphatic carbocycles. The molecule has 0 saturated heterocycles.